The first kappa shape index (κ1) is 12.5. The monoisotopic (exact) mass is 267 g/mol. The van der Waals surface area contributed by atoms with Crippen LogP contribution in [0.4, 0.5) is 5.69 Å². The number of benzene rings is 1. The standard InChI is InChI=1S/C12H13NO2S2/c1-7-12(15)13-9-5-8(10(14)6-16-2)3-4-11(9)17-7/h3-5,7H,6H2,1-2H3,(H,13,15). The van der Waals surface area contributed by atoms with Crippen molar-refractivity contribution < 1.29 is 9.59 Å². The predicted molar refractivity (Wildman–Crippen MR) is 73.1 cm³/mol. The van der Waals surface area contributed by atoms with E-state index >= 15 is 0 Å². The molecule has 1 aliphatic heterocycles. The molecule has 0 spiro atoms. The summed E-state index contributed by atoms with van der Waals surface area (Å²) in [6.07, 6.45) is 1.90. The van der Waals surface area contributed by atoms with Crippen molar-refractivity contribution in [3.8, 4) is 0 Å². The Kier molecular flexibility index (Phi) is 3.79. The van der Waals surface area contributed by atoms with E-state index in [1.807, 2.05) is 25.3 Å². The molecule has 0 fully saturated rings. The van der Waals surface area contributed by atoms with Crippen LogP contribution in [-0.2, 0) is 4.79 Å². The average Bonchev–Trinajstić information content (AvgIpc) is 2.30. The lowest BCUT2D eigenvalue weighted by atomic mass is 10.1. The van der Waals surface area contributed by atoms with Gasteiger partial charge in [-0.05, 0) is 25.3 Å². The van der Waals surface area contributed by atoms with Crippen molar-refractivity contribution in [3.05, 3.63) is 23.8 Å². The Labute approximate surface area is 109 Å². The summed E-state index contributed by atoms with van der Waals surface area (Å²) in [5.41, 5.74) is 1.42. The maximum atomic E-state index is 11.7. The summed E-state index contributed by atoms with van der Waals surface area (Å²) in [4.78, 5) is 24.3. The summed E-state index contributed by atoms with van der Waals surface area (Å²) in [6, 6.07) is 5.50. The number of Topliss-reactive ketones (excluding diaryl/α,β-unsaturated/α-hetero) is 1. The van der Waals surface area contributed by atoms with Crippen molar-refractivity contribution in [1.82, 2.24) is 0 Å². The van der Waals surface area contributed by atoms with E-state index in [-0.39, 0.29) is 16.9 Å². The number of amides is 1. The van der Waals surface area contributed by atoms with E-state index in [1.165, 1.54) is 23.5 Å². The maximum absolute atomic E-state index is 11.7. The third-order valence-corrected chi connectivity index (χ3v) is 4.24. The number of ketones is 1. The summed E-state index contributed by atoms with van der Waals surface area (Å²) in [5.74, 6) is 0.561. The number of carbonyl (C=O) groups is 2. The van der Waals surface area contributed by atoms with Crippen LogP contribution in [0, 0.1) is 0 Å². The van der Waals surface area contributed by atoms with Crippen molar-refractivity contribution in [1.29, 1.82) is 0 Å². The fourth-order valence-electron chi connectivity index (χ4n) is 1.60. The van der Waals surface area contributed by atoms with E-state index in [2.05, 4.69) is 5.32 Å². The van der Waals surface area contributed by atoms with Crippen LogP contribution >= 0.6 is 23.5 Å². The van der Waals surface area contributed by atoms with Crippen molar-refractivity contribution >= 4 is 40.9 Å². The highest BCUT2D eigenvalue weighted by molar-refractivity contribution is 8.01. The number of anilines is 1. The zero-order valence-corrected chi connectivity index (χ0v) is 11.3. The lowest BCUT2D eigenvalue weighted by Gasteiger charge is -2.21. The normalized spacial score (nSPS) is 18.5. The fraction of sp³-hybridized carbons (Fsp3) is 0.333. The van der Waals surface area contributed by atoms with Gasteiger partial charge in [0.25, 0.3) is 0 Å². The Morgan fingerprint density at radius 1 is 1.53 bits per heavy atom. The second-order valence-electron chi connectivity index (χ2n) is 3.82. The maximum Gasteiger partial charge on any atom is 0.237 e. The van der Waals surface area contributed by atoms with Crippen LogP contribution in [0.1, 0.15) is 17.3 Å². The molecule has 3 nitrogen and oxygen atoms in total. The molecule has 17 heavy (non-hydrogen) atoms. The first-order valence-corrected chi connectivity index (χ1v) is 7.53. The minimum absolute atomic E-state index is 0.00281. The molecule has 1 N–H and O–H groups in total. The molecule has 5 heteroatoms. The van der Waals surface area contributed by atoms with Crippen LogP contribution in [0.2, 0.25) is 0 Å². The predicted octanol–water partition coefficient (Wildman–Crippen LogP) is 2.67. The van der Waals surface area contributed by atoms with Gasteiger partial charge in [-0.15, -0.1) is 11.8 Å². The molecule has 0 bridgehead atoms. The minimum Gasteiger partial charge on any atom is -0.324 e. The summed E-state index contributed by atoms with van der Waals surface area (Å²) < 4.78 is 0. The Morgan fingerprint density at radius 2 is 2.29 bits per heavy atom. The van der Waals surface area contributed by atoms with Crippen LogP contribution in [-0.4, -0.2) is 28.9 Å². The number of rotatable bonds is 3. The first-order valence-electron chi connectivity index (χ1n) is 5.25. The molecular weight excluding hydrogens is 254 g/mol. The quantitative estimate of drug-likeness (QED) is 0.855. The molecule has 1 aliphatic rings. The highest BCUT2D eigenvalue weighted by Crippen LogP contribution is 2.36. The summed E-state index contributed by atoms with van der Waals surface area (Å²) in [6.45, 7) is 1.87. The highest BCUT2D eigenvalue weighted by Gasteiger charge is 2.23. The second-order valence-corrected chi connectivity index (χ2v) is 6.07. The Bertz CT molecular complexity index is 474. The van der Waals surface area contributed by atoms with Crippen LogP contribution < -0.4 is 5.32 Å². The second kappa shape index (κ2) is 5.14. The summed E-state index contributed by atoms with van der Waals surface area (Å²) >= 11 is 3.03. The van der Waals surface area contributed by atoms with E-state index in [0.717, 1.165) is 10.6 Å². The number of fused-ring (bicyclic) bond motifs is 1. The van der Waals surface area contributed by atoms with E-state index in [1.54, 1.807) is 6.07 Å². The smallest absolute Gasteiger partial charge is 0.237 e. The first-order chi connectivity index (χ1) is 8.11. The zero-order chi connectivity index (χ0) is 12.4. The number of hydrogen-bond donors (Lipinski definition) is 1. The largest absolute Gasteiger partial charge is 0.324 e. The molecule has 2 rings (SSSR count). The Morgan fingerprint density at radius 3 is 3.00 bits per heavy atom. The fourth-order valence-corrected chi connectivity index (χ4v) is 2.96. The minimum atomic E-state index is -0.0738. The van der Waals surface area contributed by atoms with Crippen molar-refractivity contribution in [2.24, 2.45) is 0 Å². The van der Waals surface area contributed by atoms with Crippen LogP contribution in [0.5, 0.6) is 0 Å². The van der Waals surface area contributed by atoms with Gasteiger partial charge in [-0.25, -0.2) is 0 Å². The third kappa shape index (κ3) is 2.66. The van der Waals surface area contributed by atoms with Gasteiger partial charge in [-0.1, -0.05) is 6.07 Å². The molecule has 0 aromatic heterocycles. The van der Waals surface area contributed by atoms with Gasteiger partial charge in [0, 0.05) is 10.5 Å². The third-order valence-electron chi connectivity index (χ3n) is 2.51. The van der Waals surface area contributed by atoms with Crippen LogP contribution in [0.15, 0.2) is 23.1 Å². The lowest BCUT2D eigenvalue weighted by Crippen LogP contribution is -2.26. The zero-order valence-electron chi connectivity index (χ0n) is 9.65. The van der Waals surface area contributed by atoms with Gasteiger partial charge in [0.05, 0.1) is 16.7 Å². The van der Waals surface area contributed by atoms with Gasteiger partial charge < -0.3 is 5.32 Å². The van der Waals surface area contributed by atoms with Gasteiger partial charge in [0.1, 0.15) is 0 Å². The average molecular weight is 267 g/mol. The van der Waals surface area contributed by atoms with Gasteiger partial charge in [0.2, 0.25) is 5.91 Å². The molecule has 0 aliphatic carbocycles. The highest BCUT2D eigenvalue weighted by atomic mass is 32.2. The van der Waals surface area contributed by atoms with E-state index in [9.17, 15) is 9.59 Å². The van der Waals surface area contributed by atoms with Gasteiger partial charge in [0.15, 0.2) is 5.78 Å². The molecule has 0 saturated carbocycles. The van der Waals surface area contributed by atoms with E-state index < -0.39 is 0 Å². The molecule has 1 aromatic carbocycles. The number of carbonyl (C=O) groups excluding carboxylic acids is 2. The molecule has 1 aromatic rings. The molecule has 90 valence electrons. The molecule has 1 amide bonds. The SMILES string of the molecule is CSCC(=O)c1ccc2c(c1)NC(=O)C(C)S2. The number of thioether (sulfide) groups is 2. The van der Waals surface area contributed by atoms with Gasteiger partial charge in [-0.2, -0.15) is 11.8 Å². The number of hydrogen-bond acceptors (Lipinski definition) is 4. The number of nitrogens with one attached hydrogen (secondary N) is 1. The van der Waals surface area contributed by atoms with E-state index in [0.29, 0.717) is 11.3 Å². The van der Waals surface area contributed by atoms with Crippen molar-refractivity contribution in [2.45, 2.75) is 17.1 Å². The molecule has 1 atom stereocenters. The molecule has 0 saturated heterocycles. The molecular formula is C12H13NO2S2. The van der Waals surface area contributed by atoms with Crippen LogP contribution in [0.25, 0.3) is 0 Å². The van der Waals surface area contributed by atoms with Gasteiger partial charge >= 0.3 is 0 Å². The molecule has 0 radical (unpaired) electrons. The summed E-state index contributed by atoms with van der Waals surface area (Å²) in [5, 5.41) is 2.75. The van der Waals surface area contributed by atoms with Crippen LogP contribution in [0.3, 0.4) is 0 Å². The molecule has 1 heterocycles. The lowest BCUT2D eigenvalue weighted by molar-refractivity contribution is -0.115. The van der Waals surface area contributed by atoms with Crippen molar-refractivity contribution in [2.75, 3.05) is 17.3 Å². The van der Waals surface area contributed by atoms with Crippen molar-refractivity contribution in [3.63, 3.8) is 0 Å². The molecule has 1 unspecified atom stereocenters. The van der Waals surface area contributed by atoms with Gasteiger partial charge in [-0.3, -0.25) is 9.59 Å². The van der Waals surface area contributed by atoms with E-state index in [4.69, 9.17) is 0 Å². The summed E-state index contributed by atoms with van der Waals surface area (Å²) in [7, 11) is 0. The topological polar surface area (TPSA) is 46.2 Å². The Balaban J connectivity index is 2.28. The Hall–Kier alpha value is -0.940.